The highest BCUT2D eigenvalue weighted by molar-refractivity contribution is 5.90. The van der Waals surface area contributed by atoms with Gasteiger partial charge in [0, 0.05) is 30.4 Å². The molecule has 1 aliphatic heterocycles. The molecule has 5 heterocycles. The number of nitrogens with one attached hydrogen (secondary N) is 2. The molecule has 10 heteroatoms. The van der Waals surface area contributed by atoms with Crippen molar-refractivity contribution < 1.29 is 9.53 Å². The van der Waals surface area contributed by atoms with Gasteiger partial charge in [-0.15, -0.1) is 0 Å². The van der Waals surface area contributed by atoms with E-state index in [1.807, 2.05) is 37.3 Å². The Morgan fingerprint density at radius 3 is 2.82 bits per heavy atom. The SMILES string of the molecule is COc1cc(-c2[nH]c3ccc(N4CC(NC(=O)CN(C)C)C4)nc3c2C(C)C)cn2ncnc12. The third-order valence-corrected chi connectivity index (χ3v) is 6.12. The Morgan fingerprint density at radius 1 is 1.32 bits per heavy atom. The van der Waals surface area contributed by atoms with Gasteiger partial charge < -0.3 is 24.8 Å². The number of hydrogen-bond acceptors (Lipinski definition) is 7. The van der Waals surface area contributed by atoms with Crippen molar-refractivity contribution in [3.63, 3.8) is 0 Å². The molecule has 34 heavy (non-hydrogen) atoms. The average molecular weight is 463 g/mol. The zero-order valence-corrected chi connectivity index (χ0v) is 20.2. The van der Waals surface area contributed by atoms with E-state index in [1.54, 1.807) is 11.6 Å². The monoisotopic (exact) mass is 462 g/mol. The van der Waals surface area contributed by atoms with Crippen LogP contribution < -0.4 is 15.0 Å². The van der Waals surface area contributed by atoms with E-state index in [9.17, 15) is 4.79 Å². The van der Waals surface area contributed by atoms with Crippen molar-refractivity contribution >= 4 is 28.4 Å². The van der Waals surface area contributed by atoms with Crippen LogP contribution in [0.5, 0.6) is 5.75 Å². The number of ether oxygens (including phenoxy) is 1. The van der Waals surface area contributed by atoms with E-state index in [0.717, 1.165) is 46.8 Å². The van der Waals surface area contributed by atoms with Crippen molar-refractivity contribution in [2.75, 3.05) is 45.7 Å². The molecule has 0 aliphatic carbocycles. The smallest absolute Gasteiger partial charge is 0.234 e. The zero-order chi connectivity index (χ0) is 24.0. The molecule has 4 aromatic heterocycles. The standard InChI is InChI=1S/C24H30N8O2/c1-14(2)21-22(15-8-18(34-5)24-25-13-26-32(24)9-15)28-17-6-7-19(29-23(17)21)31-10-16(11-31)27-20(33)12-30(3)4/h6-9,13-14,16,28H,10-12H2,1-5H3,(H,27,33). The fraction of sp³-hybridized carbons (Fsp3) is 0.417. The molecule has 178 valence electrons. The number of H-pyrrole nitrogens is 1. The second-order valence-electron chi connectivity index (χ2n) is 9.37. The minimum Gasteiger partial charge on any atom is -0.493 e. The average Bonchev–Trinajstić information content (AvgIpc) is 3.38. The van der Waals surface area contributed by atoms with Crippen LogP contribution in [0.3, 0.4) is 0 Å². The Labute approximate surface area is 197 Å². The normalized spacial score (nSPS) is 14.4. The van der Waals surface area contributed by atoms with Gasteiger partial charge >= 0.3 is 0 Å². The van der Waals surface area contributed by atoms with E-state index in [1.165, 1.54) is 6.33 Å². The molecule has 2 N–H and O–H groups in total. The van der Waals surface area contributed by atoms with Crippen LogP contribution in [0.1, 0.15) is 25.3 Å². The Bertz CT molecular complexity index is 1350. The number of rotatable bonds is 7. The number of amides is 1. The molecular weight excluding hydrogens is 432 g/mol. The van der Waals surface area contributed by atoms with Gasteiger partial charge in [-0.05, 0) is 38.2 Å². The Morgan fingerprint density at radius 2 is 2.12 bits per heavy atom. The van der Waals surface area contributed by atoms with Crippen LogP contribution >= 0.6 is 0 Å². The number of anilines is 1. The fourth-order valence-electron chi connectivity index (χ4n) is 4.54. The van der Waals surface area contributed by atoms with E-state index in [-0.39, 0.29) is 17.9 Å². The van der Waals surface area contributed by atoms with Gasteiger partial charge in [-0.3, -0.25) is 4.79 Å². The van der Waals surface area contributed by atoms with Crippen LogP contribution in [-0.2, 0) is 4.79 Å². The third-order valence-electron chi connectivity index (χ3n) is 6.12. The van der Waals surface area contributed by atoms with E-state index in [0.29, 0.717) is 17.9 Å². The predicted molar refractivity (Wildman–Crippen MR) is 131 cm³/mol. The number of aromatic amines is 1. The molecule has 0 radical (unpaired) electrons. The first-order valence-corrected chi connectivity index (χ1v) is 11.4. The number of fused-ring (bicyclic) bond motifs is 2. The van der Waals surface area contributed by atoms with Gasteiger partial charge in [0.25, 0.3) is 0 Å². The molecule has 10 nitrogen and oxygen atoms in total. The van der Waals surface area contributed by atoms with Crippen molar-refractivity contribution in [3.8, 4) is 17.0 Å². The molecule has 1 amide bonds. The Kier molecular flexibility index (Phi) is 5.60. The number of pyridine rings is 2. The first kappa shape index (κ1) is 22.1. The molecule has 0 saturated carbocycles. The van der Waals surface area contributed by atoms with Crippen LogP contribution in [-0.4, -0.2) is 82.3 Å². The van der Waals surface area contributed by atoms with E-state index < -0.39 is 0 Å². The van der Waals surface area contributed by atoms with E-state index >= 15 is 0 Å². The van der Waals surface area contributed by atoms with Crippen molar-refractivity contribution in [3.05, 3.63) is 36.3 Å². The molecule has 0 aromatic carbocycles. The van der Waals surface area contributed by atoms with Gasteiger partial charge in [0.05, 0.1) is 36.4 Å². The Balaban J connectivity index is 1.45. The van der Waals surface area contributed by atoms with Crippen molar-refractivity contribution in [1.29, 1.82) is 0 Å². The number of nitrogens with zero attached hydrogens (tertiary/aromatic N) is 6. The lowest BCUT2D eigenvalue weighted by Gasteiger charge is -2.40. The molecule has 5 rings (SSSR count). The van der Waals surface area contributed by atoms with Crippen LogP contribution in [0.4, 0.5) is 5.82 Å². The molecule has 1 aliphatic rings. The second-order valence-corrected chi connectivity index (χ2v) is 9.37. The lowest BCUT2D eigenvalue weighted by Crippen LogP contribution is -2.60. The summed E-state index contributed by atoms with van der Waals surface area (Å²) in [5.74, 6) is 1.89. The number of carbonyl (C=O) groups excluding carboxylic acids is 1. The maximum Gasteiger partial charge on any atom is 0.234 e. The summed E-state index contributed by atoms with van der Waals surface area (Å²) in [4.78, 5) is 29.0. The largest absolute Gasteiger partial charge is 0.493 e. The van der Waals surface area contributed by atoms with Crippen molar-refractivity contribution in [2.24, 2.45) is 0 Å². The molecule has 0 atom stereocenters. The van der Waals surface area contributed by atoms with Gasteiger partial charge in [-0.2, -0.15) is 5.10 Å². The first-order valence-electron chi connectivity index (χ1n) is 11.4. The summed E-state index contributed by atoms with van der Waals surface area (Å²) in [7, 11) is 5.42. The Hall–Kier alpha value is -3.66. The summed E-state index contributed by atoms with van der Waals surface area (Å²) in [6.45, 7) is 6.26. The zero-order valence-electron chi connectivity index (χ0n) is 20.2. The van der Waals surface area contributed by atoms with Crippen molar-refractivity contribution in [1.82, 2.24) is 34.8 Å². The van der Waals surface area contributed by atoms with Gasteiger partial charge in [0.15, 0.2) is 11.4 Å². The van der Waals surface area contributed by atoms with Gasteiger partial charge in [-0.1, -0.05) is 13.8 Å². The summed E-state index contributed by atoms with van der Waals surface area (Å²) < 4.78 is 7.29. The van der Waals surface area contributed by atoms with Gasteiger partial charge in [-0.25, -0.2) is 14.5 Å². The first-order chi connectivity index (χ1) is 16.3. The second kappa shape index (κ2) is 8.60. The van der Waals surface area contributed by atoms with Gasteiger partial charge in [0.1, 0.15) is 12.1 Å². The minimum atomic E-state index is 0.0511. The third kappa shape index (κ3) is 3.94. The van der Waals surface area contributed by atoms with E-state index in [4.69, 9.17) is 9.72 Å². The summed E-state index contributed by atoms with van der Waals surface area (Å²) >= 11 is 0. The summed E-state index contributed by atoms with van der Waals surface area (Å²) in [5.41, 5.74) is 5.74. The lowest BCUT2D eigenvalue weighted by molar-refractivity contribution is -0.122. The van der Waals surface area contributed by atoms with Crippen LogP contribution in [0.15, 0.2) is 30.7 Å². The molecule has 0 bridgehead atoms. The molecule has 1 fully saturated rings. The van der Waals surface area contributed by atoms with Crippen LogP contribution in [0.25, 0.3) is 27.9 Å². The molecule has 0 unspecified atom stereocenters. The van der Waals surface area contributed by atoms with E-state index in [2.05, 4.69) is 45.2 Å². The molecule has 0 spiro atoms. The fourth-order valence-corrected chi connectivity index (χ4v) is 4.54. The van der Waals surface area contributed by atoms with Crippen molar-refractivity contribution in [2.45, 2.75) is 25.8 Å². The van der Waals surface area contributed by atoms with Gasteiger partial charge in [0.2, 0.25) is 5.91 Å². The number of aromatic nitrogens is 5. The minimum absolute atomic E-state index is 0.0511. The van der Waals surface area contributed by atoms with Crippen LogP contribution in [0, 0.1) is 0 Å². The molecular formula is C24H30N8O2. The molecule has 1 saturated heterocycles. The highest BCUT2D eigenvalue weighted by atomic mass is 16.5. The topological polar surface area (TPSA) is 104 Å². The highest BCUT2D eigenvalue weighted by Crippen LogP contribution is 2.37. The summed E-state index contributed by atoms with van der Waals surface area (Å²) in [6, 6.07) is 6.25. The number of likely N-dealkylation sites (N-methyl/N-ethyl adjacent to an activating group) is 1. The summed E-state index contributed by atoms with van der Waals surface area (Å²) in [6.07, 6.45) is 3.48. The lowest BCUT2D eigenvalue weighted by atomic mass is 9.99. The number of methoxy groups -OCH3 is 1. The number of carbonyl (C=O) groups is 1. The maximum absolute atomic E-state index is 12.0. The summed E-state index contributed by atoms with van der Waals surface area (Å²) in [5, 5.41) is 7.38. The van der Waals surface area contributed by atoms with Crippen LogP contribution in [0.2, 0.25) is 0 Å². The highest BCUT2D eigenvalue weighted by Gasteiger charge is 2.30. The quantitative estimate of drug-likeness (QED) is 0.434. The number of hydrogen-bond donors (Lipinski definition) is 2. The molecule has 4 aromatic rings. The predicted octanol–water partition coefficient (Wildman–Crippen LogP) is 2.27. The maximum atomic E-state index is 12.0.